The zero-order chi connectivity index (χ0) is 16.2. The van der Waals surface area contributed by atoms with Gasteiger partial charge in [-0.3, -0.25) is 4.90 Å². The average molecular weight is 310 g/mol. The van der Waals surface area contributed by atoms with Gasteiger partial charge in [0.25, 0.3) is 0 Å². The number of anilines is 1. The number of para-hydroxylation sites is 1. The van der Waals surface area contributed by atoms with Crippen molar-refractivity contribution in [3.8, 4) is 0 Å². The van der Waals surface area contributed by atoms with Gasteiger partial charge in [0.2, 0.25) is 0 Å². The largest absolute Gasteiger partial charge is 0.465 e. The highest BCUT2D eigenvalue weighted by atomic mass is 16.5. The van der Waals surface area contributed by atoms with Crippen molar-refractivity contribution >= 4 is 17.7 Å². The molecule has 1 N–H and O–H groups in total. The fourth-order valence-corrected chi connectivity index (χ4v) is 2.70. The molecule has 0 atom stereocenters. The number of carbonyl (C=O) groups excluding carboxylic acids is 2. The molecule has 0 spiro atoms. The van der Waals surface area contributed by atoms with Crippen LogP contribution in [0, 0.1) is 0 Å². The minimum Gasteiger partial charge on any atom is -0.465 e. The number of methoxy groups -OCH3 is 1. The summed E-state index contributed by atoms with van der Waals surface area (Å²) in [7, 11) is 1.35. The zero-order valence-electron chi connectivity index (χ0n) is 12.9. The van der Waals surface area contributed by atoms with E-state index in [2.05, 4.69) is 10.1 Å². The summed E-state index contributed by atoms with van der Waals surface area (Å²) in [5.41, 5.74) is 3.60. The number of esters is 1. The summed E-state index contributed by atoms with van der Waals surface area (Å²) in [6, 6.07) is 14.8. The molecule has 3 rings (SSSR count). The van der Waals surface area contributed by atoms with Gasteiger partial charge in [-0.1, -0.05) is 30.3 Å². The Bertz CT molecular complexity index is 725. The summed E-state index contributed by atoms with van der Waals surface area (Å²) in [4.78, 5) is 25.5. The van der Waals surface area contributed by atoms with Crippen molar-refractivity contribution in [1.29, 1.82) is 0 Å². The number of urea groups is 1. The summed E-state index contributed by atoms with van der Waals surface area (Å²) < 4.78 is 4.66. The van der Waals surface area contributed by atoms with Crippen LogP contribution in [-0.4, -0.2) is 25.7 Å². The van der Waals surface area contributed by atoms with Crippen LogP contribution in [0.15, 0.2) is 48.5 Å². The van der Waals surface area contributed by atoms with Crippen molar-refractivity contribution in [1.82, 2.24) is 5.32 Å². The van der Waals surface area contributed by atoms with Crippen LogP contribution in [0.1, 0.15) is 21.5 Å². The predicted molar refractivity (Wildman–Crippen MR) is 87.5 cm³/mol. The normalized spacial score (nSPS) is 12.7. The molecule has 1 heterocycles. The Kier molecular flexibility index (Phi) is 4.28. The molecule has 5 nitrogen and oxygen atoms in total. The van der Waals surface area contributed by atoms with Gasteiger partial charge in [-0.15, -0.1) is 0 Å². The predicted octanol–water partition coefficient (Wildman–Crippen LogP) is 2.75. The molecule has 0 aromatic heterocycles. The maximum Gasteiger partial charge on any atom is 0.337 e. The van der Waals surface area contributed by atoms with E-state index in [0.717, 1.165) is 17.7 Å². The van der Waals surface area contributed by atoms with Crippen LogP contribution in [0.5, 0.6) is 0 Å². The van der Waals surface area contributed by atoms with Gasteiger partial charge in [-0.2, -0.15) is 0 Å². The molecule has 1 aliphatic heterocycles. The van der Waals surface area contributed by atoms with E-state index in [1.54, 1.807) is 17.0 Å². The highest BCUT2D eigenvalue weighted by Crippen LogP contribution is 2.27. The van der Waals surface area contributed by atoms with Crippen molar-refractivity contribution in [3.63, 3.8) is 0 Å². The van der Waals surface area contributed by atoms with Crippen LogP contribution < -0.4 is 10.2 Å². The van der Waals surface area contributed by atoms with Gasteiger partial charge >= 0.3 is 12.0 Å². The molecule has 0 unspecified atom stereocenters. The maximum atomic E-state index is 12.3. The van der Waals surface area contributed by atoms with Gasteiger partial charge in [0.05, 0.1) is 12.7 Å². The Morgan fingerprint density at radius 3 is 2.61 bits per heavy atom. The minimum atomic E-state index is -0.366. The smallest absolute Gasteiger partial charge is 0.337 e. The van der Waals surface area contributed by atoms with Crippen molar-refractivity contribution in [2.75, 3.05) is 18.6 Å². The zero-order valence-corrected chi connectivity index (χ0v) is 12.9. The van der Waals surface area contributed by atoms with Crippen LogP contribution in [0.2, 0.25) is 0 Å². The van der Waals surface area contributed by atoms with Crippen LogP contribution >= 0.6 is 0 Å². The second kappa shape index (κ2) is 6.52. The number of benzene rings is 2. The van der Waals surface area contributed by atoms with Crippen LogP contribution in [0.4, 0.5) is 10.5 Å². The molecule has 0 bridgehead atoms. The molecular weight excluding hydrogens is 292 g/mol. The molecule has 23 heavy (non-hydrogen) atoms. The number of ether oxygens (including phenoxy) is 1. The fraction of sp³-hybridized carbons (Fsp3) is 0.222. The molecule has 0 fully saturated rings. The quantitative estimate of drug-likeness (QED) is 0.887. The van der Waals surface area contributed by atoms with E-state index in [0.29, 0.717) is 18.7 Å². The maximum absolute atomic E-state index is 12.3. The summed E-state index contributed by atoms with van der Waals surface area (Å²) >= 11 is 0. The number of hydrogen-bond donors (Lipinski definition) is 1. The lowest BCUT2D eigenvalue weighted by Crippen LogP contribution is -2.38. The molecule has 118 valence electrons. The number of hydrogen-bond acceptors (Lipinski definition) is 3. The standard InChI is InChI=1S/C18H18N2O3/c1-23-17(21)15-8-6-13(7-9-15)12-19-18(22)20-11-10-14-4-2-3-5-16(14)20/h2-9H,10-12H2,1H3,(H,19,22). The van der Waals surface area contributed by atoms with E-state index in [9.17, 15) is 9.59 Å². The summed E-state index contributed by atoms with van der Waals surface area (Å²) in [6.45, 7) is 1.12. The van der Waals surface area contributed by atoms with Crippen molar-refractivity contribution in [2.45, 2.75) is 13.0 Å². The van der Waals surface area contributed by atoms with E-state index in [4.69, 9.17) is 0 Å². The first kappa shape index (κ1) is 15.1. The first-order chi connectivity index (χ1) is 11.2. The second-order valence-corrected chi connectivity index (χ2v) is 5.38. The van der Waals surface area contributed by atoms with Crippen LogP contribution in [0.3, 0.4) is 0 Å². The van der Waals surface area contributed by atoms with E-state index < -0.39 is 0 Å². The Labute approximate surface area is 134 Å². The third kappa shape index (κ3) is 3.18. The number of nitrogens with one attached hydrogen (secondary N) is 1. The van der Waals surface area contributed by atoms with Gasteiger partial charge in [0.15, 0.2) is 0 Å². The minimum absolute atomic E-state index is 0.105. The third-order valence-corrected chi connectivity index (χ3v) is 3.95. The topological polar surface area (TPSA) is 58.6 Å². The van der Waals surface area contributed by atoms with Crippen molar-refractivity contribution in [2.24, 2.45) is 0 Å². The lowest BCUT2D eigenvalue weighted by atomic mass is 10.1. The number of rotatable bonds is 3. The first-order valence-electron chi connectivity index (χ1n) is 7.49. The Balaban J connectivity index is 1.61. The summed E-state index contributed by atoms with van der Waals surface area (Å²) in [5, 5.41) is 2.92. The lowest BCUT2D eigenvalue weighted by molar-refractivity contribution is 0.0600. The lowest BCUT2D eigenvalue weighted by Gasteiger charge is -2.18. The molecule has 2 aromatic rings. The van der Waals surface area contributed by atoms with Crippen molar-refractivity contribution in [3.05, 3.63) is 65.2 Å². The fourth-order valence-electron chi connectivity index (χ4n) is 2.70. The molecular formula is C18H18N2O3. The van der Waals surface area contributed by atoms with Gasteiger partial charge < -0.3 is 10.1 Å². The van der Waals surface area contributed by atoms with Crippen LogP contribution in [0.25, 0.3) is 0 Å². The number of amides is 2. The molecule has 1 aliphatic rings. The molecule has 2 amide bonds. The van der Waals surface area contributed by atoms with E-state index in [1.807, 2.05) is 36.4 Å². The molecule has 0 radical (unpaired) electrons. The molecule has 0 saturated carbocycles. The Hall–Kier alpha value is -2.82. The molecule has 0 saturated heterocycles. The van der Waals surface area contributed by atoms with Crippen molar-refractivity contribution < 1.29 is 14.3 Å². The Morgan fingerprint density at radius 1 is 1.13 bits per heavy atom. The van der Waals surface area contributed by atoms with Crippen LogP contribution in [-0.2, 0) is 17.7 Å². The Morgan fingerprint density at radius 2 is 1.87 bits per heavy atom. The molecule has 5 heteroatoms. The second-order valence-electron chi connectivity index (χ2n) is 5.38. The summed E-state index contributed by atoms with van der Waals surface area (Å²) in [5.74, 6) is -0.366. The first-order valence-corrected chi connectivity index (χ1v) is 7.49. The van der Waals surface area contributed by atoms with Gasteiger partial charge in [0, 0.05) is 18.8 Å². The summed E-state index contributed by atoms with van der Waals surface area (Å²) in [6.07, 6.45) is 0.886. The highest BCUT2D eigenvalue weighted by Gasteiger charge is 2.23. The van der Waals surface area contributed by atoms with E-state index in [-0.39, 0.29) is 12.0 Å². The van der Waals surface area contributed by atoms with Gasteiger partial charge in [-0.25, -0.2) is 9.59 Å². The monoisotopic (exact) mass is 310 g/mol. The number of carbonyl (C=O) groups is 2. The molecule has 2 aromatic carbocycles. The van der Waals surface area contributed by atoms with Gasteiger partial charge in [-0.05, 0) is 35.7 Å². The van der Waals surface area contributed by atoms with E-state index in [1.165, 1.54) is 12.7 Å². The highest BCUT2D eigenvalue weighted by molar-refractivity contribution is 5.94. The molecule has 0 aliphatic carbocycles. The average Bonchev–Trinajstić information content (AvgIpc) is 3.03. The van der Waals surface area contributed by atoms with Gasteiger partial charge in [0.1, 0.15) is 0 Å². The SMILES string of the molecule is COC(=O)c1ccc(CNC(=O)N2CCc3ccccc32)cc1. The number of fused-ring (bicyclic) bond motifs is 1. The van der Waals surface area contributed by atoms with E-state index >= 15 is 0 Å². The third-order valence-electron chi connectivity index (χ3n) is 3.95. The number of nitrogens with zero attached hydrogens (tertiary/aromatic N) is 1.